The van der Waals surface area contributed by atoms with Crippen molar-refractivity contribution in [3.63, 3.8) is 0 Å². The van der Waals surface area contributed by atoms with Gasteiger partial charge in [0.2, 0.25) is 5.91 Å². The van der Waals surface area contributed by atoms with Crippen molar-refractivity contribution in [3.8, 4) is 11.1 Å². The van der Waals surface area contributed by atoms with E-state index in [4.69, 9.17) is 9.84 Å². The minimum atomic E-state index is -0.984. The van der Waals surface area contributed by atoms with Gasteiger partial charge in [0.15, 0.2) is 0 Å². The molecule has 0 aliphatic carbocycles. The van der Waals surface area contributed by atoms with Crippen molar-refractivity contribution in [2.75, 3.05) is 6.61 Å². The maximum Gasteiger partial charge on any atom is 0.308 e. The van der Waals surface area contributed by atoms with Crippen LogP contribution in [-0.2, 0) is 25.5 Å². The summed E-state index contributed by atoms with van der Waals surface area (Å²) in [4.78, 5) is 35.1. The van der Waals surface area contributed by atoms with E-state index in [1.165, 1.54) is 5.56 Å². The number of rotatable bonds is 11. The molecule has 1 amide bonds. The Labute approximate surface area is 199 Å². The van der Waals surface area contributed by atoms with Gasteiger partial charge in [0.25, 0.3) is 0 Å². The molecule has 0 radical (unpaired) electrons. The van der Waals surface area contributed by atoms with Gasteiger partial charge in [0.05, 0.1) is 24.3 Å². The molecule has 0 bridgehead atoms. The number of benzene rings is 2. The zero-order valence-electron chi connectivity index (χ0n) is 19.0. The summed E-state index contributed by atoms with van der Waals surface area (Å²) in [7, 11) is 0. The summed E-state index contributed by atoms with van der Waals surface area (Å²) >= 11 is 1.64. The largest absolute Gasteiger partial charge is 0.481 e. The van der Waals surface area contributed by atoms with Crippen LogP contribution in [0.25, 0.3) is 11.1 Å². The Bertz CT molecular complexity index is 947. The van der Waals surface area contributed by atoms with Crippen LogP contribution in [0, 0.1) is 11.8 Å². The molecule has 4 atom stereocenters. The highest BCUT2D eigenvalue weighted by Gasteiger charge is 2.43. The van der Waals surface area contributed by atoms with Gasteiger partial charge in [0.1, 0.15) is 0 Å². The van der Waals surface area contributed by atoms with Gasteiger partial charge in [-0.05, 0) is 36.5 Å². The average molecular weight is 470 g/mol. The third kappa shape index (κ3) is 7.09. The highest BCUT2D eigenvalue weighted by molar-refractivity contribution is 8.01. The Hall–Kier alpha value is -2.80. The average Bonchev–Trinajstić information content (AvgIpc) is 2.81. The third-order valence-electron chi connectivity index (χ3n) is 5.86. The van der Waals surface area contributed by atoms with Gasteiger partial charge in [-0.3, -0.25) is 14.4 Å². The summed E-state index contributed by atoms with van der Waals surface area (Å²) in [6.45, 7) is 4.04. The highest BCUT2D eigenvalue weighted by atomic mass is 32.2. The predicted molar refractivity (Wildman–Crippen MR) is 130 cm³/mol. The molecule has 6 nitrogen and oxygen atoms in total. The number of carboxylic acids is 1. The zero-order chi connectivity index (χ0) is 23.8. The molecule has 1 fully saturated rings. The number of thioether (sulfide) groups is 1. The van der Waals surface area contributed by atoms with Crippen LogP contribution in [0.5, 0.6) is 0 Å². The lowest BCUT2D eigenvalue weighted by Gasteiger charge is -2.45. The summed E-state index contributed by atoms with van der Waals surface area (Å²) < 4.78 is 5.15. The van der Waals surface area contributed by atoms with E-state index in [9.17, 15) is 14.4 Å². The number of carbonyl (C=O) groups excluding carboxylic acids is 2. The van der Waals surface area contributed by atoms with E-state index in [-0.39, 0.29) is 47.2 Å². The van der Waals surface area contributed by atoms with E-state index in [0.29, 0.717) is 13.0 Å². The van der Waals surface area contributed by atoms with E-state index in [2.05, 4.69) is 41.7 Å². The minimum Gasteiger partial charge on any atom is -0.481 e. The van der Waals surface area contributed by atoms with Crippen molar-refractivity contribution in [2.24, 2.45) is 11.8 Å². The Morgan fingerprint density at radius 2 is 1.70 bits per heavy atom. The van der Waals surface area contributed by atoms with E-state index < -0.39 is 5.97 Å². The predicted octanol–water partition coefficient (Wildman–Crippen LogP) is 4.52. The molecule has 0 aromatic heterocycles. The smallest absolute Gasteiger partial charge is 0.308 e. The maximum absolute atomic E-state index is 12.2. The Morgan fingerprint density at radius 3 is 2.33 bits per heavy atom. The fraction of sp³-hybridized carbons (Fsp3) is 0.423. The molecule has 2 aromatic rings. The van der Waals surface area contributed by atoms with Crippen LogP contribution in [0.15, 0.2) is 54.6 Å². The molecular weight excluding hydrogens is 438 g/mol. The quantitative estimate of drug-likeness (QED) is 0.470. The van der Waals surface area contributed by atoms with Gasteiger partial charge in [0, 0.05) is 17.6 Å². The van der Waals surface area contributed by atoms with Gasteiger partial charge in [-0.2, -0.15) is 0 Å². The number of carbonyl (C=O) groups is 3. The van der Waals surface area contributed by atoms with Crippen LogP contribution >= 0.6 is 11.8 Å². The minimum absolute atomic E-state index is 0.0330. The van der Waals surface area contributed by atoms with Gasteiger partial charge >= 0.3 is 11.9 Å². The summed E-state index contributed by atoms with van der Waals surface area (Å²) in [6.07, 6.45) is 1.23. The second kappa shape index (κ2) is 11.9. The molecule has 1 aliphatic rings. The van der Waals surface area contributed by atoms with Crippen LogP contribution < -0.4 is 5.32 Å². The van der Waals surface area contributed by atoms with Crippen LogP contribution in [0.1, 0.15) is 38.7 Å². The molecule has 176 valence electrons. The number of carboxylic acid groups (broad SMARTS) is 1. The Morgan fingerprint density at radius 1 is 1.03 bits per heavy atom. The van der Waals surface area contributed by atoms with Gasteiger partial charge in [-0.1, -0.05) is 61.5 Å². The molecule has 0 saturated carbocycles. The van der Waals surface area contributed by atoms with Crippen molar-refractivity contribution in [3.05, 3.63) is 60.2 Å². The van der Waals surface area contributed by atoms with Crippen LogP contribution in [0.4, 0.5) is 0 Å². The van der Waals surface area contributed by atoms with Crippen molar-refractivity contribution >= 4 is 29.6 Å². The molecule has 2 aromatic carbocycles. The SMILES string of the molecule is CCOC(=O)[C@H](C)CC1SC(NC(=O)CCC(=O)O)[C@@H]1Cc1ccc(-c2ccccc2)cc1. The third-order valence-corrected chi connectivity index (χ3v) is 7.52. The first kappa shape index (κ1) is 24.8. The zero-order valence-corrected chi connectivity index (χ0v) is 19.8. The summed E-state index contributed by atoms with van der Waals surface area (Å²) in [5.74, 6) is -1.49. The van der Waals surface area contributed by atoms with Crippen molar-refractivity contribution < 1.29 is 24.2 Å². The number of aliphatic carboxylic acids is 1. The van der Waals surface area contributed by atoms with E-state index in [0.717, 1.165) is 17.5 Å². The highest BCUT2D eigenvalue weighted by Crippen LogP contribution is 2.46. The molecule has 7 heteroatoms. The molecule has 33 heavy (non-hydrogen) atoms. The van der Waals surface area contributed by atoms with Crippen LogP contribution in [-0.4, -0.2) is 40.2 Å². The standard InChI is InChI=1S/C26H31NO5S/c1-3-32-26(31)17(2)15-22-21(25(33-22)27-23(28)13-14-24(29)30)16-18-9-11-20(12-10-18)19-7-5-4-6-8-19/h4-12,17,21-22,25H,3,13-16H2,1-2H3,(H,27,28)(H,29,30)/t17-,21-,22?,25?/m1/s1. The fourth-order valence-electron chi connectivity index (χ4n) is 4.02. The van der Waals surface area contributed by atoms with Crippen LogP contribution in [0.3, 0.4) is 0 Å². The Kier molecular flexibility index (Phi) is 8.95. The first-order valence-electron chi connectivity index (χ1n) is 11.3. The van der Waals surface area contributed by atoms with E-state index in [1.807, 2.05) is 25.1 Å². The molecule has 1 saturated heterocycles. The molecule has 3 rings (SSSR count). The lowest BCUT2D eigenvalue weighted by Crippen LogP contribution is -2.52. The second-order valence-corrected chi connectivity index (χ2v) is 9.76. The van der Waals surface area contributed by atoms with Gasteiger partial charge < -0.3 is 15.2 Å². The fourth-order valence-corrected chi connectivity index (χ4v) is 5.67. The number of amides is 1. The number of nitrogens with one attached hydrogen (secondary N) is 1. The van der Waals surface area contributed by atoms with Gasteiger partial charge in [-0.15, -0.1) is 11.8 Å². The summed E-state index contributed by atoms with van der Waals surface area (Å²) in [6, 6.07) is 18.6. The van der Waals surface area contributed by atoms with Crippen molar-refractivity contribution in [2.45, 2.75) is 50.2 Å². The van der Waals surface area contributed by atoms with E-state index in [1.54, 1.807) is 18.7 Å². The van der Waals surface area contributed by atoms with E-state index >= 15 is 0 Å². The van der Waals surface area contributed by atoms with Gasteiger partial charge in [-0.25, -0.2) is 0 Å². The number of hydrogen-bond acceptors (Lipinski definition) is 5. The molecule has 1 heterocycles. The van der Waals surface area contributed by atoms with Crippen molar-refractivity contribution in [1.29, 1.82) is 0 Å². The Balaban J connectivity index is 1.67. The monoisotopic (exact) mass is 469 g/mol. The molecule has 0 spiro atoms. The number of hydrogen-bond donors (Lipinski definition) is 2. The molecule has 1 aliphatic heterocycles. The topological polar surface area (TPSA) is 92.7 Å². The number of ether oxygens (including phenoxy) is 1. The molecule has 2 unspecified atom stereocenters. The van der Waals surface area contributed by atoms with Crippen molar-refractivity contribution in [1.82, 2.24) is 5.32 Å². The normalized spacial score (nSPS) is 20.4. The first-order valence-corrected chi connectivity index (χ1v) is 12.3. The summed E-state index contributed by atoms with van der Waals surface area (Å²) in [5, 5.41) is 11.9. The summed E-state index contributed by atoms with van der Waals surface area (Å²) in [5.41, 5.74) is 3.47. The maximum atomic E-state index is 12.2. The molecule has 2 N–H and O–H groups in total. The first-order chi connectivity index (χ1) is 15.9. The lowest BCUT2D eigenvalue weighted by molar-refractivity contribution is -0.147. The van der Waals surface area contributed by atoms with Crippen LogP contribution in [0.2, 0.25) is 0 Å². The lowest BCUT2D eigenvalue weighted by atomic mass is 9.88. The second-order valence-electron chi connectivity index (χ2n) is 8.38. The molecular formula is C26H31NO5S. The number of esters is 1.